The molecule has 0 heterocycles. The average Bonchev–Trinajstić information content (AvgIpc) is 2.72. The molecule has 0 aliphatic heterocycles. The Bertz CT molecular complexity index is 153. The molecule has 2 rings (SSSR count). The van der Waals surface area contributed by atoms with Crippen molar-refractivity contribution >= 4 is 0 Å². The second-order valence-corrected chi connectivity index (χ2v) is 4.95. The summed E-state index contributed by atoms with van der Waals surface area (Å²) in [7, 11) is 2.18. The fourth-order valence-electron chi connectivity index (χ4n) is 3.52. The van der Waals surface area contributed by atoms with E-state index < -0.39 is 0 Å². The Hall–Kier alpha value is -0.0400. The first kappa shape index (κ1) is 9.51. The van der Waals surface area contributed by atoms with Gasteiger partial charge in [-0.1, -0.05) is 32.1 Å². The Morgan fingerprint density at radius 1 is 0.923 bits per heavy atom. The van der Waals surface area contributed by atoms with Crippen LogP contribution in [-0.4, -0.2) is 12.6 Å². The van der Waals surface area contributed by atoms with Gasteiger partial charge in [-0.3, -0.25) is 0 Å². The van der Waals surface area contributed by atoms with Crippen molar-refractivity contribution in [3.8, 4) is 0 Å². The van der Waals surface area contributed by atoms with Crippen molar-refractivity contribution in [2.45, 2.75) is 63.3 Å². The van der Waals surface area contributed by atoms with Gasteiger partial charge in [-0.15, -0.1) is 0 Å². The van der Waals surface area contributed by atoms with Crippen molar-refractivity contribution in [3.63, 3.8) is 0 Å². The van der Waals surface area contributed by atoms with E-state index in [0.717, 1.165) is 5.92 Å². The standard InChI is InChI=1S/C12H23N/c1-13-12(9-5-2-6-10-12)11-7-3-4-8-11/h11,13H,2-10H2,1H3. The molecule has 2 saturated carbocycles. The van der Waals surface area contributed by atoms with Gasteiger partial charge in [0, 0.05) is 5.54 Å². The van der Waals surface area contributed by atoms with E-state index in [1.54, 1.807) is 0 Å². The fourth-order valence-corrected chi connectivity index (χ4v) is 3.52. The summed E-state index contributed by atoms with van der Waals surface area (Å²) < 4.78 is 0. The topological polar surface area (TPSA) is 12.0 Å². The number of hydrogen-bond donors (Lipinski definition) is 1. The zero-order valence-electron chi connectivity index (χ0n) is 8.94. The maximum Gasteiger partial charge on any atom is 0.0206 e. The molecule has 0 atom stereocenters. The van der Waals surface area contributed by atoms with Crippen LogP contribution in [0.3, 0.4) is 0 Å². The second kappa shape index (κ2) is 4.00. The summed E-state index contributed by atoms with van der Waals surface area (Å²) in [5.74, 6) is 0.998. The van der Waals surface area contributed by atoms with Crippen LogP contribution in [0, 0.1) is 5.92 Å². The lowest BCUT2D eigenvalue weighted by atomic mass is 9.72. The van der Waals surface area contributed by atoms with E-state index in [0.29, 0.717) is 5.54 Å². The monoisotopic (exact) mass is 181 g/mol. The van der Waals surface area contributed by atoms with E-state index in [1.165, 1.54) is 57.8 Å². The lowest BCUT2D eigenvalue weighted by Crippen LogP contribution is -2.50. The SMILES string of the molecule is CNC1(C2CCCC2)CCCCC1. The molecule has 13 heavy (non-hydrogen) atoms. The van der Waals surface area contributed by atoms with Gasteiger partial charge < -0.3 is 5.32 Å². The molecule has 0 unspecified atom stereocenters. The number of hydrogen-bond acceptors (Lipinski definition) is 1. The molecular formula is C12H23N. The first-order valence-electron chi connectivity index (χ1n) is 6.06. The van der Waals surface area contributed by atoms with E-state index in [2.05, 4.69) is 12.4 Å². The van der Waals surface area contributed by atoms with Gasteiger partial charge in [0.15, 0.2) is 0 Å². The van der Waals surface area contributed by atoms with Crippen LogP contribution in [0.2, 0.25) is 0 Å². The summed E-state index contributed by atoms with van der Waals surface area (Å²) in [4.78, 5) is 0. The number of nitrogens with one attached hydrogen (secondary N) is 1. The third-order valence-corrected chi connectivity index (χ3v) is 4.38. The summed E-state index contributed by atoms with van der Waals surface area (Å²) >= 11 is 0. The Morgan fingerprint density at radius 2 is 1.54 bits per heavy atom. The molecule has 0 spiro atoms. The highest BCUT2D eigenvalue weighted by Crippen LogP contribution is 2.42. The maximum atomic E-state index is 3.66. The predicted molar refractivity (Wildman–Crippen MR) is 56.8 cm³/mol. The molecule has 2 aliphatic carbocycles. The van der Waals surface area contributed by atoms with Gasteiger partial charge in [-0.05, 0) is 38.6 Å². The van der Waals surface area contributed by atoms with Crippen molar-refractivity contribution in [1.82, 2.24) is 5.32 Å². The van der Waals surface area contributed by atoms with Crippen LogP contribution >= 0.6 is 0 Å². The molecule has 1 N–H and O–H groups in total. The predicted octanol–water partition coefficient (Wildman–Crippen LogP) is 3.10. The third-order valence-electron chi connectivity index (χ3n) is 4.38. The molecule has 0 aromatic heterocycles. The average molecular weight is 181 g/mol. The van der Waals surface area contributed by atoms with E-state index in [1.807, 2.05) is 0 Å². The van der Waals surface area contributed by atoms with Crippen molar-refractivity contribution < 1.29 is 0 Å². The van der Waals surface area contributed by atoms with Crippen LogP contribution < -0.4 is 5.32 Å². The summed E-state index contributed by atoms with van der Waals surface area (Å²) in [5, 5.41) is 3.66. The Labute approximate surface area is 82.3 Å². The lowest BCUT2D eigenvalue weighted by Gasteiger charge is -2.42. The molecule has 76 valence electrons. The Morgan fingerprint density at radius 3 is 2.08 bits per heavy atom. The third kappa shape index (κ3) is 1.76. The minimum absolute atomic E-state index is 0.550. The molecule has 0 aromatic carbocycles. The van der Waals surface area contributed by atoms with Gasteiger partial charge >= 0.3 is 0 Å². The fraction of sp³-hybridized carbons (Fsp3) is 1.00. The minimum atomic E-state index is 0.550. The molecule has 1 heteroatoms. The van der Waals surface area contributed by atoms with Crippen molar-refractivity contribution in [1.29, 1.82) is 0 Å². The molecule has 0 saturated heterocycles. The normalized spacial score (nSPS) is 29.3. The van der Waals surface area contributed by atoms with Gasteiger partial charge in [0.25, 0.3) is 0 Å². The lowest BCUT2D eigenvalue weighted by molar-refractivity contribution is 0.158. The zero-order valence-corrected chi connectivity index (χ0v) is 8.94. The molecule has 0 amide bonds. The first-order valence-corrected chi connectivity index (χ1v) is 6.06. The Kier molecular flexibility index (Phi) is 2.92. The van der Waals surface area contributed by atoms with Gasteiger partial charge in [-0.2, -0.15) is 0 Å². The maximum absolute atomic E-state index is 3.66. The quantitative estimate of drug-likeness (QED) is 0.690. The smallest absolute Gasteiger partial charge is 0.0206 e. The molecular weight excluding hydrogens is 158 g/mol. The van der Waals surface area contributed by atoms with Gasteiger partial charge in [0.2, 0.25) is 0 Å². The summed E-state index contributed by atoms with van der Waals surface area (Å²) in [6.45, 7) is 0. The van der Waals surface area contributed by atoms with E-state index in [-0.39, 0.29) is 0 Å². The van der Waals surface area contributed by atoms with Gasteiger partial charge in [0.05, 0.1) is 0 Å². The molecule has 2 fully saturated rings. The Balaban J connectivity index is 2.03. The zero-order chi connectivity index (χ0) is 9.15. The van der Waals surface area contributed by atoms with Crippen LogP contribution in [0.1, 0.15) is 57.8 Å². The highest BCUT2D eigenvalue weighted by Gasteiger charge is 2.39. The minimum Gasteiger partial charge on any atom is -0.314 e. The van der Waals surface area contributed by atoms with E-state index >= 15 is 0 Å². The van der Waals surface area contributed by atoms with Crippen LogP contribution in [-0.2, 0) is 0 Å². The number of rotatable bonds is 2. The summed E-state index contributed by atoms with van der Waals surface area (Å²) in [6, 6.07) is 0. The second-order valence-electron chi connectivity index (χ2n) is 4.95. The molecule has 0 aromatic rings. The van der Waals surface area contributed by atoms with Crippen molar-refractivity contribution in [2.75, 3.05) is 7.05 Å². The van der Waals surface area contributed by atoms with Crippen molar-refractivity contribution in [3.05, 3.63) is 0 Å². The van der Waals surface area contributed by atoms with E-state index in [4.69, 9.17) is 0 Å². The highest BCUT2D eigenvalue weighted by atomic mass is 15.0. The van der Waals surface area contributed by atoms with Crippen LogP contribution in [0.25, 0.3) is 0 Å². The van der Waals surface area contributed by atoms with Gasteiger partial charge in [0.1, 0.15) is 0 Å². The van der Waals surface area contributed by atoms with Gasteiger partial charge in [-0.25, -0.2) is 0 Å². The van der Waals surface area contributed by atoms with Crippen LogP contribution in [0.4, 0.5) is 0 Å². The summed E-state index contributed by atoms with van der Waals surface area (Å²) in [5.41, 5.74) is 0.550. The summed E-state index contributed by atoms with van der Waals surface area (Å²) in [6.07, 6.45) is 13.2. The molecule has 0 bridgehead atoms. The largest absolute Gasteiger partial charge is 0.314 e. The molecule has 2 aliphatic rings. The molecule has 0 radical (unpaired) electrons. The highest BCUT2D eigenvalue weighted by molar-refractivity contribution is 4.97. The van der Waals surface area contributed by atoms with Crippen molar-refractivity contribution in [2.24, 2.45) is 5.92 Å². The van der Waals surface area contributed by atoms with E-state index in [9.17, 15) is 0 Å². The first-order chi connectivity index (χ1) is 6.37. The molecule has 1 nitrogen and oxygen atoms in total. The van der Waals surface area contributed by atoms with Crippen LogP contribution in [0.5, 0.6) is 0 Å². The van der Waals surface area contributed by atoms with Crippen LogP contribution in [0.15, 0.2) is 0 Å².